The van der Waals surface area contributed by atoms with Gasteiger partial charge in [-0.2, -0.15) is 0 Å². The van der Waals surface area contributed by atoms with Crippen molar-refractivity contribution in [2.75, 3.05) is 6.61 Å². The molecule has 1 aromatic carbocycles. The number of carbonyl (C=O) groups excluding carboxylic acids is 1. The molecule has 2 rings (SSSR count). The van der Waals surface area contributed by atoms with Crippen LogP contribution in [0.15, 0.2) is 45.5 Å². The van der Waals surface area contributed by atoms with Crippen LogP contribution in [-0.4, -0.2) is 17.4 Å². The van der Waals surface area contributed by atoms with E-state index in [1.807, 2.05) is 12.1 Å². The second kappa shape index (κ2) is 5.51. The van der Waals surface area contributed by atoms with Crippen molar-refractivity contribution in [1.82, 2.24) is 4.98 Å². The van der Waals surface area contributed by atoms with Crippen LogP contribution in [0, 0.1) is 0 Å². The summed E-state index contributed by atoms with van der Waals surface area (Å²) in [5.41, 5.74) is 0.554. The number of rotatable bonds is 4. The maximum atomic E-state index is 11.7. The van der Waals surface area contributed by atoms with Crippen molar-refractivity contribution in [2.24, 2.45) is 0 Å². The maximum absolute atomic E-state index is 11.7. The third-order valence-electron chi connectivity index (χ3n) is 2.15. The molecule has 2 aromatic rings. The third-order valence-corrected chi connectivity index (χ3v) is 3.26. The number of aromatic amines is 1. The lowest BCUT2D eigenvalue weighted by Gasteiger charge is -2.07. The van der Waals surface area contributed by atoms with Gasteiger partial charge in [-0.1, -0.05) is 15.9 Å². The second-order valence-corrected chi connectivity index (χ2v) is 5.14. The Morgan fingerprint density at radius 3 is 2.76 bits per heavy atom. The molecule has 0 unspecified atom stereocenters. The zero-order valence-electron chi connectivity index (χ0n) is 8.74. The van der Waals surface area contributed by atoms with Gasteiger partial charge in [-0.15, -0.1) is 0 Å². The van der Waals surface area contributed by atoms with E-state index in [0.717, 1.165) is 8.95 Å². The van der Waals surface area contributed by atoms with Gasteiger partial charge in [0.15, 0.2) is 6.61 Å². The van der Waals surface area contributed by atoms with E-state index in [-0.39, 0.29) is 12.4 Å². The van der Waals surface area contributed by atoms with E-state index >= 15 is 0 Å². The molecule has 0 saturated carbocycles. The van der Waals surface area contributed by atoms with Gasteiger partial charge in [-0.25, -0.2) is 0 Å². The second-order valence-electron chi connectivity index (χ2n) is 3.37. The zero-order valence-corrected chi connectivity index (χ0v) is 11.9. The highest BCUT2D eigenvalue weighted by Crippen LogP contribution is 2.28. The van der Waals surface area contributed by atoms with E-state index in [2.05, 4.69) is 36.8 Å². The Balaban J connectivity index is 2.01. The van der Waals surface area contributed by atoms with E-state index < -0.39 is 0 Å². The Kier molecular flexibility index (Phi) is 4.02. The number of ether oxygens (including phenoxy) is 1. The van der Waals surface area contributed by atoms with Crippen molar-refractivity contribution in [3.8, 4) is 5.75 Å². The van der Waals surface area contributed by atoms with Crippen LogP contribution in [0.3, 0.4) is 0 Å². The first-order valence-corrected chi connectivity index (χ1v) is 6.50. The third kappa shape index (κ3) is 3.20. The van der Waals surface area contributed by atoms with Crippen LogP contribution in [0.5, 0.6) is 5.75 Å². The standard InChI is InChI=1S/C12H9Br2NO2/c13-8-3-4-12(9(14)6-8)17-7-11(16)10-2-1-5-15-10/h1-6,15H,7H2. The molecular weight excluding hydrogens is 350 g/mol. The van der Waals surface area contributed by atoms with Crippen molar-refractivity contribution in [1.29, 1.82) is 0 Å². The summed E-state index contributed by atoms with van der Waals surface area (Å²) in [5, 5.41) is 0. The minimum Gasteiger partial charge on any atom is -0.484 e. The zero-order chi connectivity index (χ0) is 12.3. The summed E-state index contributed by atoms with van der Waals surface area (Å²) in [4.78, 5) is 14.5. The molecule has 0 bridgehead atoms. The van der Waals surface area contributed by atoms with Crippen LogP contribution < -0.4 is 4.74 Å². The lowest BCUT2D eigenvalue weighted by atomic mass is 10.3. The molecule has 3 nitrogen and oxygen atoms in total. The van der Waals surface area contributed by atoms with Gasteiger partial charge >= 0.3 is 0 Å². The number of hydrogen-bond donors (Lipinski definition) is 1. The predicted molar refractivity (Wildman–Crippen MR) is 72.5 cm³/mol. The molecule has 17 heavy (non-hydrogen) atoms. The van der Waals surface area contributed by atoms with E-state index in [9.17, 15) is 4.79 Å². The van der Waals surface area contributed by atoms with Crippen LogP contribution >= 0.6 is 31.9 Å². The quantitative estimate of drug-likeness (QED) is 0.844. The Labute approximate surface area is 115 Å². The highest BCUT2D eigenvalue weighted by atomic mass is 79.9. The summed E-state index contributed by atoms with van der Waals surface area (Å²) < 4.78 is 7.20. The molecule has 0 aliphatic heterocycles. The van der Waals surface area contributed by atoms with Crippen molar-refractivity contribution < 1.29 is 9.53 Å². The minimum atomic E-state index is -0.0789. The summed E-state index contributed by atoms with van der Waals surface area (Å²) in [7, 11) is 0. The van der Waals surface area contributed by atoms with Gasteiger partial charge in [0.2, 0.25) is 5.78 Å². The summed E-state index contributed by atoms with van der Waals surface area (Å²) in [6, 6.07) is 9.04. The Bertz CT molecular complexity index is 523. The average Bonchev–Trinajstić information content (AvgIpc) is 2.81. The van der Waals surface area contributed by atoms with Crippen LogP contribution in [0.1, 0.15) is 10.5 Å². The number of Topliss-reactive ketones (excluding diaryl/α,β-unsaturated/α-hetero) is 1. The molecule has 0 atom stereocenters. The molecule has 0 amide bonds. The normalized spacial score (nSPS) is 10.2. The molecule has 88 valence electrons. The maximum Gasteiger partial charge on any atom is 0.216 e. The number of carbonyl (C=O) groups is 1. The molecule has 1 N–H and O–H groups in total. The lowest BCUT2D eigenvalue weighted by Crippen LogP contribution is -2.12. The Morgan fingerprint density at radius 1 is 1.29 bits per heavy atom. The Hall–Kier alpha value is -1.07. The van der Waals surface area contributed by atoms with Gasteiger partial charge < -0.3 is 9.72 Å². The van der Waals surface area contributed by atoms with Crippen molar-refractivity contribution >= 4 is 37.6 Å². The predicted octanol–water partition coefficient (Wildman–Crippen LogP) is 3.80. The van der Waals surface area contributed by atoms with Crippen molar-refractivity contribution in [3.63, 3.8) is 0 Å². The summed E-state index contributed by atoms with van der Waals surface area (Å²) >= 11 is 6.72. The number of hydrogen-bond acceptors (Lipinski definition) is 2. The fourth-order valence-corrected chi connectivity index (χ4v) is 2.48. The van der Waals surface area contributed by atoms with E-state index in [1.165, 1.54) is 0 Å². The molecule has 1 aromatic heterocycles. The van der Waals surface area contributed by atoms with Crippen LogP contribution in [-0.2, 0) is 0 Å². The molecule has 0 aliphatic carbocycles. The van der Waals surface area contributed by atoms with Gasteiger partial charge in [-0.3, -0.25) is 4.79 Å². The lowest BCUT2D eigenvalue weighted by molar-refractivity contribution is 0.0916. The summed E-state index contributed by atoms with van der Waals surface area (Å²) in [6.45, 7) is 0.0146. The number of benzene rings is 1. The number of H-pyrrole nitrogens is 1. The van der Waals surface area contributed by atoms with Gasteiger partial charge in [0, 0.05) is 10.7 Å². The molecular formula is C12H9Br2NO2. The first-order valence-electron chi connectivity index (χ1n) is 4.91. The van der Waals surface area contributed by atoms with E-state index in [1.54, 1.807) is 24.4 Å². The van der Waals surface area contributed by atoms with E-state index in [0.29, 0.717) is 11.4 Å². The van der Waals surface area contributed by atoms with Gasteiger partial charge in [0.1, 0.15) is 5.75 Å². The highest BCUT2D eigenvalue weighted by molar-refractivity contribution is 9.11. The van der Waals surface area contributed by atoms with E-state index in [4.69, 9.17) is 4.74 Å². The van der Waals surface area contributed by atoms with Crippen molar-refractivity contribution in [3.05, 3.63) is 51.2 Å². The Morgan fingerprint density at radius 2 is 2.12 bits per heavy atom. The summed E-state index contributed by atoms with van der Waals surface area (Å²) in [6.07, 6.45) is 1.71. The topological polar surface area (TPSA) is 42.1 Å². The number of halogens is 2. The fraction of sp³-hybridized carbons (Fsp3) is 0.0833. The highest BCUT2D eigenvalue weighted by Gasteiger charge is 2.08. The average molecular weight is 359 g/mol. The number of aromatic nitrogens is 1. The fourth-order valence-electron chi connectivity index (χ4n) is 1.32. The van der Waals surface area contributed by atoms with Crippen molar-refractivity contribution in [2.45, 2.75) is 0 Å². The first kappa shape index (κ1) is 12.4. The molecule has 0 fully saturated rings. The molecule has 0 spiro atoms. The van der Waals surface area contributed by atoms with Crippen LogP contribution in [0.4, 0.5) is 0 Å². The molecule has 0 saturated heterocycles. The smallest absolute Gasteiger partial charge is 0.216 e. The molecule has 1 heterocycles. The monoisotopic (exact) mass is 357 g/mol. The van der Waals surface area contributed by atoms with Crippen LogP contribution in [0.25, 0.3) is 0 Å². The SMILES string of the molecule is O=C(COc1ccc(Br)cc1Br)c1ccc[nH]1. The number of ketones is 1. The largest absolute Gasteiger partial charge is 0.484 e. The number of nitrogens with one attached hydrogen (secondary N) is 1. The molecule has 5 heteroatoms. The first-order chi connectivity index (χ1) is 8.16. The van der Waals surface area contributed by atoms with Gasteiger partial charge in [0.05, 0.1) is 10.2 Å². The summed E-state index contributed by atoms with van der Waals surface area (Å²) in [5.74, 6) is 0.568. The molecule has 0 radical (unpaired) electrons. The van der Waals surface area contributed by atoms with Gasteiger partial charge in [0.25, 0.3) is 0 Å². The minimum absolute atomic E-state index is 0.0146. The van der Waals surface area contributed by atoms with Crippen LogP contribution in [0.2, 0.25) is 0 Å². The van der Waals surface area contributed by atoms with Gasteiger partial charge in [-0.05, 0) is 46.3 Å². The molecule has 0 aliphatic rings.